The van der Waals surface area contributed by atoms with Crippen LogP contribution < -0.4 is 0 Å². The van der Waals surface area contributed by atoms with Crippen molar-refractivity contribution in [3.63, 3.8) is 0 Å². The van der Waals surface area contributed by atoms with Crippen LogP contribution in [0.2, 0.25) is 0 Å². The lowest BCUT2D eigenvalue weighted by Gasteiger charge is -1.97. The van der Waals surface area contributed by atoms with Gasteiger partial charge >= 0.3 is 0 Å². The van der Waals surface area contributed by atoms with Crippen LogP contribution in [0.5, 0.6) is 0 Å². The van der Waals surface area contributed by atoms with Crippen molar-refractivity contribution in [3.8, 4) is 0 Å². The summed E-state index contributed by atoms with van der Waals surface area (Å²) in [5.41, 5.74) is 0. The lowest BCUT2D eigenvalue weighted by atomic mass is 10.3. The van der Waals surface area contributed by atoms with Gasteiger partial charge in [0.25, 0.3) is 0 Å². The van der Waals surface area contributed by atoms with Gasteiger partial charge in [-0.15, -0.1) is 0 Å². The van der Waals surface area contributed by atoms with E-state index in [-0.39, 0.29) is 0 Å². The summed E-state index contributed by atoms with van der Waals surface area (Å²) < 4.78 is 0. The predicted molar refractivity (Wildman–Crippen MR) is 55.3 cm³/mol. The Bertz CT molecular complexity index is 49.2. The van der Waals surface area contributed by atoms with Gasteiger partial charge < -0.3 is 0 Å². The monoisotopic (exact) mass is 224 g/mol. The van der Waals surface area contributed by atoms with Crippen molar-refractivity contribution >= 4 is 27.7 Å². The van der Waals surface area contributed by atoms with Crippen molar-refractivity contribution in [2.75, 3.05) is 16.8 Å². The van der Waals surface area contributed by atoms with E-state index < -0.39 is 0 Å². The third-order valence-corrected chi connectivity index (χ3v) is 3.11. The fourth-order valence-corrected chi connectivity index (χ4v) is 2.02. The molecule has 0 nitrogen and oxygen atoms in total. The van der Waals surface area contributed by atoms with Gasteiger partial charge in [-0.25, -0.2) is 0 Å². The normalized spacial score (nSPS) is 10.2. The highest BCUT2D eigenvalue weighted by molar-refractivity contribution is 9.09. The van der Waals surface area contributed by atoms with Crippen molar-refractivity contribution in [3.05, 3.63) is 0 Å². The number of hydrogen-bond acceptors (Lipinski definition) is 1. The van der Waals surface area contributed by atoms with Crippen LogP contribution in [0.25, 0.3) is 0 Å². The minimum absolute atomic E-state index is 1.17. The van der Waals surface area contributed by atoms with Crippen LogP contribution in [-0.2, 0) is 0 Å². The molecule has 0 aromatic carbocycles. The van der Waals surface area contributed by atoms with E-state index in [1.54, 1.807) is 0 Å². The number of rotatable bonds is 7. The zero-order valence-corrected chi connectivity index (χ0v) is 9.14. The summed E-state index contributed by atoms with van der Waals surface area (Å²) in [6.45, 7) is 2.24. The van der Waals surface area contributed by atoms with E-state index in [2.05, 4.69) is 34.6 Å². The molecule has 0 N–H and O–H groups in total. The molecule has 0 atom stereocenters. The molecule has 0 aliphatic carbocycles. The average molecular weight is 225 g/mol. The maximum absolute atomic E-state index is 3.43. The molecule has 0 fully saturated rings. The number of hydrogen-bond donors (Lipinski definition) is 0. The number of unbranched alkanes of at least 4 members (excludes halogenated alkanes) is 2. The first-order valence-electron chi connectivity index (χ1n) is 4.05. The summed E-state index contributed by atoms with van der Waals surface area (Å²) in [6.07, 6.45) is 5.45. The van der Waals surface area contributed by atoms with Crippen molar-refractivity contribution < 1.29 is 0 Å². The van der Waals surface area contributed by atoms with Crippen LogP contribution in [0.1, 0.15) is 32.6 Å². The molecule has 10 heavy (non-hydrogen) atoms. The Kier molecular flexibility index (Phi) is 10.6. The van der Waals surface area contributed by atoms with Crippen LogP contribution in [-0.4, -0.2) is 16.8 Å². The average Bonchev–Trinajstić information content (AvgIpc) is 1.97. The lowest BCUT2D eigenvalue weighted by Crippen LogP contribution is -1.83. The Hall–Kier alpha value is 0.830. The molecule has 0 unspecified atom stereocenters. The molecular formula is C8H17BrS. The van der Waals surface area contributed by atoms with Gasteiger partial charge in [0.05, 0.1) is 0 Å². The molecule has 0 aromatic heterocycles. The van der Waals surface area contributed by atoms with Crippen LogP contribution in [0.3, 0.4) is 0 Å². The van der Waals surface area contributed by atoms with Gasteiger partial charge in [0.15, 0.2) is 0 Å². The Morgan fingerprint density at radius 3 is 2.50 bits per heavy atom. The molecule has 0 aliphatic rings. The van der Waals surface area contributed by atoms with Crippen LogP contribution in [0, 0.1) is 0 Å². The van der Waals surface area contributed by atoms with Crippen molar-refractivity contribution in [2.45, 2.75) is 32.6 Å². The maximum Gasteiger partial charge on any atom is 0.00313 e. The quantitative estimate of drug-likeness (QED) is 0.470. The standard InChI is InChI=1S/C8H17BrS/c1-2-7-10-8-5-3-4-6-9/h2-8H2,1H3. The topological polar surface area (TPSA) is 0 Å². The van der Waals surface area contributed by atoms with E-state index in [1.807, 2.05) is 0 Å². The SMILES string of the molecule is CCCSCCCCCBr. The maximum atomic E-state index is 3.43. The second-order valence-electron chi connectivity index (χ2n) is 2.36. The highest BCUT2D eigenvalue weighted by Crippen LogP contribution is 2.07. The number of thioether (sulfide) groups is 1. The first kappa shape index (κ1) is 10.8. The van der Waals surface area contributed by atoms with E-state index in [0.717, 1.165) is 0 Å². The highest BCUT2D eigenvalue weighted by Gasteiger charge is 1.88. The highest BCUT2D eigenvalue weighted by atomic mass is 79.9. The molecular weight excluding hydrogens is 208 g/mol. The largest absolute Gasteiger partial charge is 0.162 e. The number of alkyl halides is 1. The van der Waals surface area contributed by atoms with Gasteiger partial charge in [-0.3, -0.25) is 0 Å². The molecule has 62 valence electrons. The van der Waals surface area contributed by atoms with E-state index in [4.69, 9.17) is 0 Å². The Labute approximate surface area is 77.3 Å². The van der Waals surface area contributed by atoms with E-state index in [0.29, 0.717) is 0 Å². The Morgan fingerprint density at radius 2 is 1.90 bits per heavy atom. The molecule has 0 heterocycles. The third kappa shape index (κ3) is 8.83. The van der Waals surface area contributed by atoms with Crippen LogP contribution >= 0.6 is 27.7 Å². The van der Waals surface area contributed by atoms with Gasteiger partial charge in [0.2, 0.25) is 0 Å². The van der Waals surface area contributed by atoms with Gasteiger partial charge in [0.1, 0.15) is 0 Å². The molecule has 0 aromatic rings. The Balaban J connectivity index is 2.65. The first-order valence-corrected chi connectivity index (χ1v) is 6.33. The second-order valence-corrected chi connectivity index (χ2v) is 4.38. The first-order chi connectivity index (χ1) is 4.91. The van der Waals surface area contributed by atoms with Gasteiger partial charge in [0, 0.05) is 5.33 Å². The third-order valence-electron chi connectivity index (χ3n) is 1.27. The fourth-order valence-electron chi connectivity index (χ4n) is 0.722. The smallest absolute Gasteiger partial charge is 0.00313 e. The minimum atomic E-state index is 1.17. The van der Waals surface area contributed by atoms with Gasteiger partial charge in [-0.1, -0.05) is 29.3 Å². The molecule has 0 amide bonds. The second kappa shape index (κ2) is 9.83. The van der Waals surface area contributed by atoms with Crippen LogP contribution in [0.15, 0.2) is 0 Å². The minimum Gasteiger partial charge on any atom is -0.162 e. The van der Waals surface area contributed by atoms with E-state index in [9.17, 15) is 0 Å². The fraction of sp³-hybridized carbons (Fsp3) is 1.00. The Morgan fingerprint density at radius 1 is 1.10 bits per heavy atom. The molecule has 0 saturated heterocycles. The van der Waals surface area contributed by atoms with Gasteiger partial charge in [-0.2, -0.15) is 11.8 Å². The van der Waals surface area contributed by atoms with Gasteiger partial charge in [-0.05, 0) is 30.8 Å². The molecule has 2 heteroatoms. The van der Waals surface area contributed by atoms with Crippen molar-refractivity contribution in [2.24, 2.45) is 0 Å². The van der Waals surface area contributed by atoms with Crippen LogP contribution in [0.4, 0.5) is 0 Å². The molecule has 0 radical (unpaired) electrons. The van der Waals surface area contributed by atoms with E-state index >= 15 is 0 Å². The molecule has 0 saturated carbocycles. The lowest BCUT2D eigenvalue weighted by molar-refractivity contribution is 0.788. The summed E-state index contributed by atoms with van der Waals surface area (Å²) in [5, 5.41) is 1.17. The summed E-state index contributed by atoms with van der Waals surface area (Å²) in [5.74, 6) is 2.70. The molecule has 0 rings (SSSR count). The zero-order valence-electron chi connectivity index (χ0n) is 6.74. The summed E-state index contributed by atoms with van der Waals surface area (Å²) in [6, 6.07) is 0. The molecule has 0 bridgehead atoms. The number of halogens is 1. The molecule has 0 aliphatic heterocycles. The summed E-state index contributed by atoms with van der Waals surface area (Å²) >= 11 is 5.51. The summed E-state index contributed by atoms with van der Waals surface area (Å²) in [4.78, 5) is 0. The molecule has 0 spiro atoms. The summed E-state index contributed by atoms with van der Waals surface area (Å²) in [7, 11) is 0. The zero-order chi connectivity index (χ0) is 7.66. The van der Waals surface area contributed by atoms with Crippen molar-refractivity contribution in [1.82, 2.24) is 0 Å². The van der Waals surface area contributed by atoms with E-state index in [1.165, 1.54) is 42.5 Å². The predicted octanol–water partition coefficient (Wildman–Crippen LogP) is 3.69. The van der Waals surface area contributed by atoms with Crippen molar-refractivity contribution in [1.29, 1.82) is 0 Å².